The van der Waals surface area contributed by atoms with Crippen molar-refractivity contribution in [3.63, 3.8) is 0 Å². The summed E-state index contributed by atoms with van der Waals surface area (Å²) in [5.41, 5.74) is 0.459. The molecule has 0 amide bonds. The van der Waals surface area contributed by atoms with Crippen LogP contribution in [0.4, 0.5) is 5.69 Å². The number of nitrogens with zero attached hydrogens (tertiary/aromatic N) is 1. The molecule has 0 radical (unpaired) electrons. The molecular formula is C8H6INO4. The van der Waals surface area contributed by atoms with E-state index in [0.717, 1.165) is 0 Å². The molecule has 0 aliphatic rings. The molecule has 0 heterocycles. The molecule has 0 aromatic heterocycles. The van der Waals surface area contributed by atoms with Gasteiger partial charge in [-0.1, -0.05) is 0 Å². The van der Waals surface area contributed by atoms with Gasteiger partial charge in [0.2, 0.25) is 0 Å². The van der Waals surface area contributed by atoms with Gasteiger partial charge in [-0.2, -0.15) is 0 Å². The van der Waals surface area contributed by atoms with E-state index in [1.807, 2.05) is 0 Å². The smallest absolute Gasteiger partial charge is 0.335 e. The monoisotopic (exact) mass is 307 g/mol. The highest BCUT2D eigenvalue weighted by atomic mass is 127. The second-order valence-electron chi connectivity index (χ2n) is 2.63. The van der Waals surface area contributed by atoms with E-state index in [1.54, 1.807) is 29.5 Å². The molecular weight excluding hydrogens is 301 g/mol. The van der Waals surface area contributed by atoms with Crippen LogP contribution in [0.15, 0.2) is 12.1 Å². The zero-order valence-corrected chi connectivity index (χ0v) is 9.31. The summed E-state index contributed by atoms with van der Waals surface area (Å²) in [5.74, 6) is -1.07. The Labute approximate surface area is 93.0 Å². The van der Waals surface area contributed by atoms with Crippen LogP contribution in [0.1, 0.15) is 15.9 Å². The van der Waals surface area contributed by atoms with Gasteiger partial charge in [-0.3, -0.25) is 10.1 Å². The zero-order valence-electron chi connectivity index (χ0n) is 7.15. The van der Waals surface area contributed by atoms with Crippen LogP contribution in [0.3, 0.4) is 0 Å². The predicted molar refractivity (Wildman–Crippen MR) is 57.5 cm³/mol. The van der Waals surface area contributed by atoms with Crippen LogP contribution in [0.25, 0.3) is 0 Å². The fourth-order valence-electron chi connectivity index (χ4n) is 1.04. The van der Waals surface area contributed by atoms with E-state index in [-0.39, 0.29) is 11.3 Å². The Morgan fingerprint density at radius 1 is 1.57 bits per heavy atom. The molecule has 74 valence electrons. The molecule has 0 fully saturated rings. The molecule has 1 aromatic carbocycles. The van der Waals surface area contributed by atoms with Gasteiger partial charge < -0.3 is 5.11 Å². The van der Waals surface area contributed by atoms with Crippen molar-refractivity contribution in [2.75, 3.05) is 0 Å². The number of rotatable bonds is 2. The topological polar surface area (TPSA) is 80.4 Å². The van der Waals surface area contributed by atoms with Gasteiger partial charge in [0.1, 0.15) is 0 Å². The summed E-state index contributed by atoms with van der Waals surface area (Å²) in [7, 11) is 0. The lowest BCUT2D eigenvalue weighted by atomic mass is 10.1. The SMILES string of the molecule is Cc1c(C(=O)O)ccc([N+](=O)[O-])c1I. The Kier molecular flexibility index (Phi) is 3.04. The number of hydrogen-bond donors (Lipinski definition) is 1. The van der Waals surface area contributed by atoms with Crippen LogP contribution < -0.4 is 0 Å². The van der Waals surface area contributed by atoms with Crippen molar-refractivity contribution in [3.8, 4) is 0 Å². The molecule has 1 N–H and O–H groups in total. The molecule has 0 aliphatic heterocycles. The molecule has 0 saturated carbocycles. The van der Waals surface area contributed by atoms with Crippen molar-refractivity contribution in [2.45, 2.75) is 6.92 Å². The third kappa shape index (κ3) is 1.84. The average Bonchev–Trinajstić information content (AvgIpc) is 2.08. The molecule has 5 nitrogen and oxygen atoms in total. The van der Waals surface area contributed by atoms with Crippen LogP contribution >= 0.6 is 22.6 Å². The van der Waals surface area contributed by atoms with Crippen LogP contribution in [0.5, 0.6) is 0 Å². The average molecular weight is 307 g/mol. The van der Waals surface area contributed by atoms with Gasteiger partial charge in [0, 0.05) is 6.07 Å². The van der Waals surface area contributed by atoms with Gasteiger partial charge in [-0.25, -0.2) is 4.79 Å². The molecule has 6 heteroatoms. The van der Waals surface area contributed by atoms with Gasteiger partial charge in [0.25, 0.3) is 5.69 Å². The summed E-state index contributed by atoms with van der Waals surface area (Å²) in [6.07, 6.45) is 0. The molecule has 1 aromatic rings. The normalized spacial score (nSPS) is 9.86. The fraction of sp³-hybridized carbons (Fsp3) is 0.125. The lowest BCUT2D eigenvalue weighted by molar-refractivity contribution is -0.385. The summed E-state index contributed by atoms with van der Waals surface area (Å²) >= 11 is 1.77. The first kappa shape index (κ1) is 10.9. The first-order chi connectivity index (χ1) is 6.45. The minimum absolute atomic E-state index is 0.0619. The van der Waals surface area contributed by atoms with Crippen LogP contribution in [-0.2, 0) is 0 Å². The number of benzene rings is 1. The minimum atomic E-state index is -1.07. The van der Waals surface area contributed by atoms with Crippen LogP contribution in [0, 0.1) is 20.6 Å². The van der Waals surface area contributed by atoms with Crippen molar-refractivity contribution in [2.24, 2.45) is 0 Å². The van der Waals surface area contributed by atoms with Gasteiger partial charge in [-0.05, 0) is 41.1 Å². The number of carboxylic acid groups (broad SMARTS) is 1. The van der Waals surface area contributed by atoms with E-state index in [2.05, 4.69) is 0 Å². The first-order valence-electron chi connectivity index (χ1n) is 3.62. The number of nitro benzene ring substituents is 1. The van der Waals surface area contributed by atoms with Crippen molar-refractivity contribution >= 4 is 34.2 Å². The molecule has 14 heavy (non-hydrogen) atoms. The largest absolute Gasteiger partial charge is 0.478 e. The minimum Gasteiger partial charge on any atom is -0.478 e. The molecule has 1 rings (SSSR count). The zero-order chi connectivity index (χ0) is 10.9. The number of aromatic carboxylic acids is 1. The highest BCUT2D eigenvalue weighted by Gasteiger charge is 2.18. The van der Waals surface area contributed by atoms with Gasteiger partial charge >= 0.3 is 5.97 Å². The quantitative estimate of drug-likeness (QED) is 0.516. The lowest BCUT2D eigenvalue weighted by Crippen LogP contribution is -2.03. The van der Waals surface area contributed by atoms with Gasteiger partial charge in [0.15, 0.2) is 0 Å². The Morgan fingerprint density at radius 2 is 2.14 bits per heavy atom. The second-order valence-corrected chi connectivity index (χ2v) is 3.71. The number of hydrogen-bond acceptors (Lipinski definition) is 3. The van der Waals surface area contributed by atoms with Crippen LogP contribution in [-0.4, -0.2) is 16.0 Å². The van der Waals surface area contributed by atoms with E-state index in [1.165, 1.54) is 12.1 Å². The third-order valence-corrected chi connectivity index (χ3v) is 3.15. The first-order valence-corrected chi connectivity index (χ1v) is 4.69. The van der Waals surface area contributed by atoms with Crippen molar-refractivity contribution in [3.05, 3.63) is 36.9 Å². The third-order valence-electron chi connectivity index (χ3n) is 1.79. The standard InChI is InChI=1S/C8H6INO4/c1-4-5(8(11)12)2-3-6(7(4)9)10(13)14/h2-3H,1H3,(H,11,12). The van der Waals surface area contributed by atoms with E-state index < -0.39 is 10.9 Å². The molecule has 0 atom stereocenters. The molecule has 0 saturated heterocycles. The Morgan fingerprint density at radius 3 is 2.57 bits per heavy atom. The van der Waals surface area contributed by atoms with E-state index >= 15 is 0 Å². The number of nitro groups is 1. The Balaban J connectivity index is 3.41. The summed E-state index contributed by atoms with van der Waals surface area (Å²) in [5, 5.41) is 19.3. The maximum atomic E-state index is 10.7. The summed E-state index contributed by atoms with van der Waals surface area (Å²) in [4.78, 5) is 20.7. The number of halogens is 1. The van der Waals surface area contributed by atoms with E-state index in [4.69, 9.17) is 5.11 Å². The van der Waals surface area contributed by atoms with Gasteiger partial charge in [-0.15, -0.1) is 0 Å². The molecule has 0 spiro atoms. The molecule has 0 aliphatic carbocycles. The highest BCUT2D eigenvalue weighted by Crippen LogP contribution is 2.26. The van der Waals surface area contributed by atoms with Crippen molar-refractivity contribution in [1.82, 2.24) is 0 Å². The van der Waals surface area contributed by atoms with Crippen molar-refractivity contribution in [1.29, 1.82) is 0 Å². The molecule has 0 bridgehead atoms. The maximum Gasteiger partial charge on any atom is 0.335 e. The maximum absolute atomic E-state index is 10.7. The van der Waals surface area contributed by atoms with E-state index in [9.17, 15) is 14.9 Å². The Bertz CT molecular complexity index is 377. The Hall–Kier alpha value is -1.18. The summed E-state index contributed by atoms with van der Waals surface area (Å²) in [6.45, 7) is 1.55. The summed E-state index contributed by atoms with van der Waals surface area (Å²) in [6, 6.07) is 2.45. The predicted octanol–water partition coefficient (Wildman–Crippen LogP) is 2.21. The van der Waals surface area contributed by atoms with Crippen molar-refractivity contribution < 1.29 is 14.8 Å². The van der Waals surface area contributed by atoms with E-state index in [0.29, 0.717) is 9.13 Å². The second kappa shape index (κ2) is 3.91. The lowest BCUT2D eigenvalue weighted by Gasteiger charge is -2.03. The fourth-order valence-corrected chi connectivity index (χ4v) is 1.71. The number of carboxylic acids is 1. The van der Waals surface area contributed by atoms with Crippen LogP contribution in [0.2, 0.25) is 0 Å². The van der Waals surface area contributed by atoms with Gasteiger partial charge in [0.05, 0.1) is 14.1 Å². The number of carbonyl (C=O) groups is 1. The summed E-state index contributed by atoms with van der Waals surface area (Å²) < 4.78 is 0.368. The highest BCUT2D eigenvalue weighted by molar-refractivity contribution is 14.1. The molecule has 0 unspecified atom stereocenters.